The van der Waals surface area contributed by atoms with Gasteiger partial charge in [0, 0.05) is 0 Å². The third-order valence-electron chi connectivity index (χ3n) is 3.52. The normalized spacial score (nSPS) is 12.5. The fourth-order valence-corrected chi connectivity index (χ4v) is 2.14. The van der Waals surface area contributed by atoms with Crippen LogP contribution in [0.5, 0.6) is 5.75 Å². The van der Waals surface area contributed by atoms with Crippen LogP contribution >= 0.6 is 0 Å². The average molecular weight is 288 g/mol. The zero-order valence-corrected chi connectivity index (χ0v) is 12.6. The summed E-state index contributed by atoms with van der Waals surface area (Å²) < 4.78 is 18.6. The van der Waals surface area contributed by atoms with Crippen molar-refractivity contribution in [1.29, 1.82) is 0 Å². The summed E-state index contributed by atoms with van der Waals surface area (Å²) in [6.45, 7) is 6.19. The molecule has 0 bridgehead atoms. The predicted octanol–water partition coefficient (Wildman–Crippen LogP) is 4.37. The van der Waals surface area contributed by atoms with E-state index in [0.717, 1.165) is 11.1 Å². The summed E-state index contributed by atoms with van der Waals surface area (Å²) in [4.78, 5) is 0. The number of aliphatic hydroxyl groups is 1. The Kier molecular flexibility index (Phi) is 4.97. The third kappa shape index (κ3) is 4.05. The maximum Gasteiger partial charge on any atom is 0.123 e. The van der Waals surface area contributed by atoms with Crippen molar-refractivity contribution in [2.45, 2.75) is 32.8 Å². The summed E-state index contributed by atoms with van der Waals surface area (Å²) in [5, 5.41) is 10.2. The van der Waals surface area contributed by atoms with Crippen LogP contribution < -0.4 is 4.74 Å². The predicted molar refractivity (Wildman–Crippen MR) is 82.1 cm³/mol. The van der Waals surface area contributed by atoms with Gasteiger partial charge in [0.1, 0.15) is 24.3 Å². The molecule has 21 heavy (non-hydrogen) atoms. The lowest BCUT2D eigenvalue weighted by Crippen LogP contribution is -2.10. The molecular weight excluding hydrogens is 267 g/mol. The van der Waals surface area contributed by atoms with Crippen LogP contribution in [0.15, 0.2) is 42.5 Å². The van der Waals surface area contributed by atoms with Gasteiger partial charge in [-0.05, 0) is 47.7 Å². The molecule has 2 aromatic carbocycles. The van der Waals surface area contributed by atoms with Crippen LogP contribution in [-0.2, 0) is 0 Å². The molecule has 0 aliphatic carbocycles. The molecule has 0 heterocycles. The lowest BCUT2D eigenvalue weighted by Gasteiger charge is -2.15. The van der Waals surface area contributed by atoms with Gasteiger partial charge in [-0.15, -0.1) is 0 Å². The van der Waals surface area contributed by atoms with E-state index in [1.54, 1.807) is 13.0 Å². The van der Waals surface area contributed by atoms with Gasteiger partial charge in [-0.3, -0.25) is 0 Å². The standard InChI is InChI=1S/C18H21FO2/c1-12(2)14-4-6-15(7-5-14)17(20)11-21-18-9-8-16(19)10-13(18)3/h4-10,12,17,20H,11H2,1-3H3. The second-order valence-electron chi connectivity index (χ2n) is 5.56. The smallest absolute Gasteiger partial charge is 0.123 e. The van der Waals surface area contributed by atoms with Crippen molar-refractivity contribution in [3.63, 3.8) is 0 Å². The molecule has 0 aliphatic heterocycles. The van der Waals surface area contributed by atoms with Gasteiger partial charge >= 0.3 is 0 Å². The molecule has 0 saturated heterocycles. The van der Waals surface area contributed by atoms with Crippen LogP contribution in [0, 0.1) is 12.7 Å². The Morgan fingerprint density at radius 1 is 1.05 bits per heavy atom. The van der Waals surface area contributed by atoms with Crippen LogP contribution in [0.4, 0.5) is 4.39 Å². The Morgan fingerprint density at radius 2 is 1.67 bits per heavy atom. The van der Waals surface area contributed by atoms with E-state index < -0.39 is 6.10 Å². The van der Waals surface area contributed by atoms with Gasteiger partial charge in [0.2, 0.25) is 0 Å². The highest BCUT2D eigenvalue weighted by atomic mass is 19.1. The Bertz CT molecular complexity index is 591. The van der Waals surface area contributed by atoms with E-state index in [2.05, 4.69) is 13.8 Å². The molecule has 0 amide bonds. The van der Waals surface area contributed by atoms with Crippen molar-refractivity contribution in [1.82, 2.24) is 0 Å². The minimum Gasteiger partial charge on any atom is -0.490 e. The zero-order chi connectivity index (χ0) is 15.4. The number of halogens is 1. The number of rotatable bonds is 5. The molecule has 0 aliphatic rings. The summed E-state index contributed by atoms with van der Waals surface area (Å²) >= 11 is 0. The number of benzene rings is 2. The molecule has 2 nitrogen and oxygen atoms in total. The van der Waals surface area contributed by atoms with Gasteiger partial charge in [0.15, 0.2) is 0 Å². The second-order valence-corrected chi connectivity index (χ2v) is 5.56. The van der Waals surface area contributed by atoms with Crippen molar-refractivity contribution in [3.8, 4) is 5.75 Å². The third-order valence-corrected chi connectivity index (χ3v) is 3.52. The summed E-state index contributed by atoms with van der Waals surface area (Å²) in [6, 6.07) is 12.2. The molecule has 1 N–H and O–H groups in total. The molecule has 0 saturated carbocycles. The van der Waals surface area contributed by atoms with Crippen molar-refractivity contribution in [2.75, 3.05) is 6.61 Å². The SMILES string of the molecule is Cc1cc(F)ccc1OCC(O)c1ccc(C(C)C)cc1. The Labute approximate surface area is 125 Å². The van der Waals surface area contributed by atoms with Crippen LogP contribution in [0.1, 0.15) is 42.6 Å². The average Bonchev–Trinajstić information content (AvgIpc) is 2.46. The number of hydrogen-bond donors (Lipinski definition) is 1. The van der Waals surface area contributed by atoms with E-state index in [0.29, 0.717) is 11.7 Å². The fraction of sp³-hybridized carbons (Fsp3) is 0.333. The summed E-state index contributed by atoms with van der Waals surface area (Å²) in [7, 11) is 0. The van der Waals surface area contributed by atoms with Crippen LogP contribution in [0.25, 0.3) is 0 Å². The first-order chi connectivity index (χ1) is 9.97. The van der Waals surface area contributed by atoms with Crippen molar-refractivity contribution in [2.24, 2.45) is 0 Å². The molecule has 0 fully saturated rings. The van der Waals surface area contributed by atoms with Gasteiger partial charge in [0.05, 0.1) is 0 Å². The molecule has 2 aromatic rings. The first-order valence-electron chi connectivity index (χ1n) is 7.14. The number of hydrogen-bond acceptors (Lipinski definition) is 2. The Balaban J connectivity index is 1.99. The van der Waals surface area contributed by atoms with E-state index in [1.165, 1.54) is 17.7 Å². The van der Waals surface area contributed by atoms with Gasteiger partial charge < -0.3 is 9.84 Å². The summed E-state index contributed by atoms with van der Waals surface area (Å²) in [5.41, 5.74) is 2.78. The second kappa shape index (κ2) is 6.72. The number of aliphatic hydroxyl groups excluding tert-OH is 1. The van der Waals surface area contributed by atoms with E-state index >= 15 is 0 Å². The Morgan fingerprint density at radius 3 is 2.24 bits per heavy atom. The lowest BCUT2D eigenvalue weighted by atomic mass is 10.0. The number of ether oxygens (including phenoxy) is 1. The molecule has 2 rings (SSSR count). The topological polar surface area (TPSA) is 29.5 Å². The monoisotopic (exact) mass is 288 g/mol. The van der Waals surface area contributed by atoms with E-state index in [-0.39, 0.29) is 12.4 Å². The molecule has 112 valence electrons. The number of aryl methyl sites for hydroxylation is 1. The molecule has 3 heteroatoms. The maximum absolute atomic E-state index is 13.0. The minimum atomic E-state index is -0.698. The van der Waals surface area contributed by atoms with Gasteiger partial charge in [-0.1, -0.05) is 38.1 Å². The van der Waals surface area contributed by atoms with E-state index in [1.807, 2.05) is 24.3 Å². The molecule has 0 aromatic heterocycles. The largest absolute Gasteiger partial charge is 0.490 e. The van der Waals surface area contributed by atoms with Gasteiger partial charge in [0.25, 0.3) is 0 Å². The van der Waals surface area contributed by atoms with Crippen molar-refractivity contribution in [3.05, 3.63) is 65.0 Å². The van der Waals surface area contributed by atoms with E-state index in [9.17, 15) is 9.50 Å². The zero-order valence-electron chi connectivity index (χ0n) is 12.6. The minimum absolute atomic E-state index is 0.146. The van der Waals surface area contributed by atoms with Crippen LogP contribution in [0.3, 0.4) is 0 Å². The van der Waals surface area contributed by atoms with Crippen molar-refractivity contribution >= 4 is 0 Å². The first-order valence-corrected chi connectivity index (χ1v) is 7.14. The molecular formula is C18H21FO2. The summed E-state index contributed by atoms with van der Waals surface area (Å²) in [5.74, 6) is 0.772. The van der Waals surface area contributed by atoms with Gasteiger partial charge in [-0.25, -0.2) is 4.39 Å². The van der Waals surface area contributed by atoms with Crippen LogP contribution in [0.2, 0.25) is 0 Å². The Hall–Kier alpha value is -1.87. The van der Waals surface area contributed by atoms with Crippen molar-refractivity contribution < 1.29 is 14.2 Å². The maximum atomic E-state index is 13.0. The molecule has 1 unspecified atom stereocenters. The molecule has 0 radical (unpaired) electrons. The molecule has 1 atom stereocenters. The van der Waals surface area contributed by atoms with Crippen LogP contribution in [-0.4, -0.2) is 11.7 Å². The first kappa shape index (κ1) is 15.5. The fourth-order valence-electron chi connectivity index (χ4n) is 2.14. The quantitative estimate of drug-likeness (QED) is 0.885. The highest BCUT2D eigenvalue weighted by Crippen LogP contribution is 2.22. The highest BCUT2D eigenvalue weighted by molar-refractivity contribution is 5.33. The van der Waals surface area contributed by atoms with E-state index in [4.69, 9.17) is 4.74 Å². The molecule has 0 spiro atoms. The lowest BCUT2D eigenvalue weighted by molar-refractivity contribution is 0.108. The summed E-state index contributed by atoms with van der Waals surface area (Å²) in [6.07, 6.45) is -0.698. The highest BCUT2D eigenvalue weighted by Gasteiger charge is 2.10. The van der Waals surface area contributed by atoms with Gasteiger partial charge in [-0.2, -0.15) is 0 Å².